The topological polar surface area (TPSA) is 72.1 Å². The zero-order valence-corrected chi connectivity index (χ0v) is 16.8. The second-order valence-corrected chi connectivity index (χ2v) is 19.4. The van der Waals surface area contributed by atoms with Crippen LogP contribution in [-0.2, 0) is 8.23 Å². The highest BCUT2D eigenvalue weighted by Crippen LogP contribution is 2.25. The second kappa shape index (κ2) is 8.06. The van der Waals surface area contributed by atoms with Gasteiger partial charge in [0.15, 0.2) is 16.6 Å². The summed E-state index contributed by atoms with van der Waals surface area (Å²) in [5, 5.41) is 0. The zero-order valence-electron chi connectivity index (χ0n) is 13.8. The van der Waals surface area contributed by atoms with Gasteiger partial charge in [0.25, 0.3) is 0 Å². The third kappa shape index (κ3) is 9.94. The monoisotopic (exact) mass is 323 g/mol. The van der Waals surface area contributed by atoms with E-state index in [0.717, 1.165) is 32.0 Å². The first kappa shape index (κ1) is 19.5. The summed E-state index contributed by atoms with van der Waals surface area (Å²) in [5.74, 6) is 0. The Labute approximate surface area is 122 Å². The largest absolute Gasteiger partial charge is 0.437 e. The molecule has 0 saturated carbocycles. The Morgan fingerprint density at radius 2 is 1.26 bits per heavy atom. The Morgan fingerprint density at radius 1 is 0.842 bits per heavy atom. The van der Waals surface area contributed by atoms with Crippen LogP contribution in [0.5, 0.6) is 0 Å². The van der Waals surface area contributed by atoms with Gasteiger partial charge >= 0.3 is 8.56 Å². The number of hydrogen-bond acceptors (Lipinski definition) is 3. The van der Waals surface area contributed by atoms with Gasteiger partial charge in [-0.15, -0.1) is 0 Å². The maximum atomic E-state index is 6.47. The van der Waals surface area contributed by atoms with Crippen molar-refractivity contribution < 1.29 is 14.0 Å². The van der Waals surface area contributed by atoms with Crippen molar-refractivity contribution in [1.82, 2.24) is 0 Å². The van der Waals surface area contributed by atoms with Crippen LogP contribution in [0.4, 0.5) is 0 Å². The van der Waals surface area contributed by atoms with Gasteiger partial charge < -0.3 is 19.7 Å². The van der Waals surface area contributed by atoms with Gasteiger partial charge in [-0.05, 0) is 70.8 Å². The predicted octanol–water partition coefficient (Wildman–Crippen LogP) is 2.11. The van der Waals surface area contributed by atoms with Crippen LogP contribution < -0.4 is 11.5 Å². The number of hydrogen-bond donors (Lipinski definition) is 2. The Bertz CT molecular complexity index is 237. The third-order valence-electron chi connectivity index (χ3n) is 3.06. The SMILES string of the molecule is C[Si](C)(CCCN)O[Si](C)(C)O[Si](C)(C)CCC[NH3+]. The first-order valence-electron chi connectivity index (χ1n) is 7.43. The molecular weight excluding hydrogens is 288 g/mol. The molecule has 0 aromatic heterocycles. The van der Waals surface area contributed by atoms with Gasteiger partial charge in [0.2, 0.25) is 0 Å². The summed E-state index contributed by atoms with van der Waals surface area (Å²) in [6.45, 7) is 15.3. The normalized spacial score (nSPS) is 13.9. The summed E-state index contributed by atoms with van der Waals surface area (Å²) < 4.78 is 12.9. The first-order chi connectivity index (χ1) is 8.54. The molecule has 0 unspecified atom stereocenters. The van der Waals surface area contributed by atoms with E-state index < -0.39 is 25.2 Å². The van der Waals surface area contributed by atoms with Gasteiger partial charge in [0, 0.05) is 0 Å². The van der Waals surface area contributed by atoms with Crippen LogP contribution in [0.15, 0.2) is 0 Å². The molecule has 0 heterocycles. The van der Waals surface area contributed by atoms with Gasteiger partial charge in [0.1, 0.15) is 0 Å². The molecule has 116 valence electrons. The lowest BCUT2D eigenvalue weighted by molar-refractivity contribution is -0.367. The minimum absolute atomic E-state index is 0.756. The van der Waals surface area contributed by atoms with Crippen molar-refractivity contribution in [1.29, 1.82) is 0 Å². The summed E-state index contributed by atoms with van der Waals surface area (Å²) in [6.07, 6.45) is 2.23. The zero-order chi connectivity index (χ0) is 15.2. The van der Waals surface area contributed by atoms with Gasteiger partial charge in [-0.3, -0.25) is 0 Å². The van der Waals surface area contributed by atoms with Crippen LogP contribution in [0, 0.1) is 0 Å². The molecule has 4 nitrogen and oxygen atoms in total. The van der Waals surface area contributed by atoms with Crippen molar-refractivity contribution in [3.63, 3.8) is 0 Å². The van der Waals surface area contributed by atoms with Crippen LogP contribution >= 0.6 is 0 Å². The molecule has 0 spiro atoms. The van der Waals surface area contributed by atoms with E-state index >= 15 is 0 Å². The number of nitrogens with two attached hydrogens (primary N) is 1. The van der Waals surface area contributed by atoms with E-state index in [4.69, 9.17) is 14.0 Å². The summed E-state index contributed by atoms with van der Waals surface area (Å²) in [4.78, 5) is 0. The van der Waals surface area contributed by atoms with E-state index in [0.29, 0.717) is 0 Å². The van der Waals surface area contributed by atoms with Crippen LogP contribution in [0.25, 0.3) is 0 Å². The van der Waals surface area contributed by atoms with Crippen LogP contribution in [0.1, 0.15) is 12.8 Å². The van der Waals surface area contributed by atoms with Gasteiger partial charge in [-0.1, -0.05) is 0 Å². The quantitative estimate of drug-likeness (QED) is 0.605. The summed E-state index contributed by atoms with van der Waals surface area (Å²) >= 11 is 0. The molecule has 0 aliphatic rings. The first-order valence-corrected chi connectivity index (χ1v) is 16.5. The second-order valence-electron chi connectivity index (χ2n) is 6.97. The summed E-state index contributed by atoms with van der Waals surface area (Å²) in [5.41, 5.74) is 9.52. The minimum Gasteiger partial charge on any atom is -0.437 e. The van der Waals surface area contributed by atoms with Crippen molar-refractivity contribution >= 4 is 25.2 Å². The smallest absolute Gasteiger partial charge is 0.311 e. The van der Waals surface area contributed by atoms with E-state index in [1.54, 1.807) is 0 Å². The van der Waals surface area contributed by atoms with Crippen molar-refractivity contribution in [2.75, 3.05) is 13.1 Å². The molecule has 0 aliphatic carbocycles. The molecule has 0 aliphatic heterocycles. The summed E-state index contributed by atoms with van der Waals surface area (Å²) in [7, 11) is -5.23. The molecule has 7 heteroatoms. The Kier molecular flexibility index (Phi) is 8.27. The van der Waals surface area contributed by atoms with E-state index in [1.807, 2.05) is 0 Å². The molecule has 0 radical (unpaired) electrons. The maximum Gasteiger partial charge on any atom is 0.311 e. The molecular formula is C12H35N2O2Si3+. The standard InChI is InChI=1S/C12H34N2O2Si3/c1-17(2,11-7-9-13)15-19(5,6)16-18(3,4)12-8-10-14/h7-14H2,1-6H3/p+1. The lowest BCUT2D eigenvalue weighted by atomic mass is 10.5. The minimum atomic E-state index is -2.01. The van der Waals surface area contributed by atoms with E-state index in [9.17, 15) is 0 Å². The molecule has 19 heavy (non-hydrogen) atoms. The van der Waals surface area contributed by atoms with Crippen LogP contribution in [-0.4, -0.2) is 38.3 Å². The fourth-order valence-corrected chi connectivity index (χ4v) is 16.7. The Balaban J connectivity index is 4.44. The van der Waals surface area contributed by atoms with Crippen LogP contribution in [0.2, 0.25) is 51.4 Å². The third-order valence-corrected chi connectivity index (χ3v) is 14.5. The Hall–Kier alpha value is 0.491. The van der Waals surface area contributed by atoms with Gasteiger partial charge in [-0.2, -0.15) is 0 Å². The molecule has 0 aromatic rings. The average molecular weight is 324 g/mol. The highest BCUT2D eigenvalue weighted by atomic mass is 28.5. The number of rotatable bonds is 10. The fraction of sp³-hybridized carbons (Fsp3) is 1.00. The lowest BCUT2D eigenvalue weighted by Crippen LogP contribution is -2.54. The average Bonchev–Trinajstić information content (AvgIpc) is 2.20. The molecule has 0 aromatic carbocycles. The van der Waals surface area contributed by atoms with Crippen molar-refractivity contribution in [2.24, 2.45) is 5.73 Å². The van der Waals surface area contributed by atoms with Crippen molar-refractivity contribution in [3.05, 3.63) is 0 Å². The molecule has 5 N–H and O–H groups in total. The van der Waals surface area contributed by atoms with E-state index in [2.05, 4.69) is 45.0 Å². The highest BCUT2D eigenvalue weighted by molar-refractivity contribution is 6.87. The van der Waals surface area contributed by atoms with Crippen molar-refractivity contribution in [2.45, 2.75) is 64.2 Å². The number of quaternary nitrogens is 1. The summed E-state index contributed by atoms with van der Waals surface area (Å²) in [6, 6.07) is 2.31. The molecule has 0 bridgehead atoms. The Morgan fingerprint density at radius 3 is 1.63 bits per heavy atom. The molecule has 0 atom stereocenters. The highest BCUT2D eigenvalue weighted by Gasteiger charge is 2.39. The fourth-order valence-electron chi connectivity index (χ4n) is 2.53. The van der Waals surface area contributed by atoms with Gasteiger partial charge in [-0.25, -0.2) is 0 Å². The molecule has 0 amide bonds. The molecule has 0 fully saturated rings. The molecule has 0 saturated heterocycles. The maximum absolute atomic E-state index is 6.47. The van der Waals surface area contributed by atoms with Gasteiger partial charge in [0.05, 0.1) is 6.54 Å². The van der Waals surface area contributed by atoms with Crippen molar-refractivity contribution in [3.8, 4) is 0 Å². The van der Waals surface area contributed by atoms with Crippen LogP contribution in [0.3, 0.4) is 0 Å². The lowest BCUT2D eigenvalue weighted by Gasteiger charge is -2.38. The molecule has 0 rings (SSSR count). The van der Waals surface area contributed by atoms with E-state index in [1.165, 1.54) is 6.04 Å². The van der Waals surface area contributed by atoms with E-state index in [-0.39, 0.29) is 0 Å². The predicted molar refractivity (Wildman–Crippen MR) is 90.3 cm³/mol.